The molecule has 2 aliphatic rings. The van der Waals surface area contributed by atoms with Gasteiger partial charge in [-0.2, -0.15) is 31.4 Å². The number of pyridine rings is 1. The summed E-state index contributed by atoms with van der Waals surface area (Å²) >= 11 is 0. The van der Waals surface area contributed by atoms with Crippen LogP contribution in [0.15, 0.2) is 103 Å². The quantitative estimate of drug-likeness (QED) is 0.127. The van der Waals surface area contributed by atoms with Crippen molar-refractivity contribution in [2.24, 2.45) is 0 Å². The van der Waals surface area contributed by atoms with Crippen molar-refractivity contribution in [3.63, 3.8) is 0 Å². The van der Waals surface area contributed by atoms with Crippen LogP contribution < -0.4 is 10.2 Å². The number of carbonyl (C=O) groups is 2. The van der Waals surface area contributed by atoms with Gasteiger partial charge in [-0.15, -0.1) is 0 Å². The Morgan fingerprint density at radius 3 is 2.02 bits per heavy atom. The Bertz CT molecular complexity index is 2040. The molecule has 1 N–H and O–H groups in total. The molecule has 0 saturated carbocycles. The number of ether oxygens (including phenoxy) is 1. The third-order valence-corrected chi connectivity index (χ3v) is 9.68. The average Bonchev–Trinajstić information content (AvgIpc) is 3.52. The zero-order chi connectivity index (χ0) is 37.3. The number of alkyl halides is 6. The van der Waals surface area contributed by atoms with E-state index in [0.717, 1.165) is 17.2 Å². The topological polar surface area (TPSA) is 89.3 Å². The van der Waals surface area contributed by atoms with Crippen molar-refractivity contribution in [1.82, 2.24) is 14.8 Å². The molecule has 7 rings (SSSR count). The minimum atomic E-state index is -4.88. The van der Waals surface area contributed by atoms with E-state index < -0.39 is 59.7 Å². The van der Waals surface area contributed by atoms with E-state index in [9.17, 15) is 35.9 Å². The molecular weight excluding hydrogens is 700 g/mol. The van der Waals surface area contributed by atoms with Gasteiger partial charge < -0.3 is 15.0 Å². The lowest BCUT2D eigenvalue weighted by atomic mass is 9.84. The van der Waals surface area contributed by atoms with E-state index in [1.165, 1.54) is 4.68 Å². The van der Waals surface area contributed by atoms with Crippen molar-refractivity contribution in [3.8, 4) is 0 Å². The molecule has 3 aromatic carbocycles. The van der Waals surface area contributed by atoms with Crippen LogP contribution >= 0.6 is 0 Å². The highest BCUT2D eigenvalue weighted by molar-refractivity contribution is 5.94. The molecule has 2 aliphatic heterocycles. The summed E-state index contributed by atoms with van der Waals surface area (Å²) in [5.41, 5.74) is 0.304. The second-order valence-corrected chi connectivity index (χ2v) is 13.1. The number of nitrogens with zero attached hydrogens (tertiary/aromatic N) is 4. The van der Waals surface area contributed by atoms with Crippen molar-refractivity contribution in [1.29, 1.82) is 0 Å². The van der Waals surface area contributed by atoms with Gasteiger partial charge in [0.05, 0.1) is 22.7 Å². The van der Waals surface area contributed by atoms with Crippen LogP contribution in [0.5, 0.6) is 0 Å². The normalized spacial score (nSPS) is 16.7. The Morgan fingerprint density at radius 2 is 1.45 bits per heavy atom. The number of aromatic nitrogens is 3. The molecule has 8 nitrogen and oxygen atoms in total. The van der Waals surface area contributed by atoms with E-state index in [1.54, 1.807) is 35.2 Å². The molecule has 0 spiro atoms. The molecule has 1 amide bonds. The van der Waals surface area contributed by atoms with Crippen LogP contribution in [-0.2, 0) is 22.3 Å². The molecule has 0 radical (unpaired) electrons. The summed E-state index contributed by atoms with van der Waals surface area (Å²) in [5, 5.41) is 7.57. The van der Waals surface area contributed by atoms with E-state index in [0.29, 0.717) is 11.8 Å². The van der Waals surface area contributed by atoms with Crippen molar-refractivity contribution in [3.05, 3.63) is 142 Å². The smallest absolute Gasteiger partial charge is 0.418 e. The van der Waals surface area contributed by atoms with Crippen LogP contribution in [-0.4, -0.2) is 45.9 Å². The van der Waals surface area contributed by atoms with Crippen LogP contribution in [0.4, 0.5) is 38.0 Å². The predicted octanol–water partition coefficient (Wildman–Crippen LogP) is 8.66. The summed E-state index contributed by atoms with van der Waals surface area (Å²) in [6.45, 7) is 0.172. The molecule has 0 unspecified atom stereocenters. The van der Waals surface area contributed by atoms with Crippen molar-refractivity contribution in [2.75, 3.05) is 23.3 Å². The van der Waals surface area contributed by atoms with Gasteiger partial charge in [0, 0.05) is 37.2 Å². The lowest BCUT2D eigenvalue weighted by molar-refractivity contribution is -0.157. The molecule has 14 heteroatoms. The van der Waals surface area contributed by atoms with Gasteiger partial charge in [-0.25, -0.2) is 14.5 Å². The van der Waals surface area contributed by atoms with E-state index in [2.05, 4.69) is 10.3 Å². The van der Waals surface area contributed by atoms with Crippen molar-refractivity contribution < 1.29 is 40.7 Å². The molecule has 1 atom stereocenters. The van der Waals surface area contributed by atoms with E-state index in [4.69, 9.17) is 9.84 Å². The molecule has 1 saturated heterocycles. The number of anilines is 2. The predicted molar refractivity (Wildman–Crippen MR) is 183 cm³/mol. The molecule has 5 aromatic rings. The maximum atomic E-state index is 14.7. The molecule has 274 valence electrons. The standard InChI is InChI=1S/C39H33F6N5O3/c40-38(41,42)29-21-32(51)47-36-33(29)34(48-50(36)35(26-12-6-2-7-13-26)27-14-8-3-9-15-27)25-16-18-49(19-17-25)31-20-28(30(22-46-31)39(43,44)45)37(52)53-23-24-10-4-1-5-11-24/h1-15,20,22,25,29,35H,16-19,21,23H2,(H,47,51)/t29-/m1/s1. The number of esters is 1. The van der Waals surface area contributed by atoms with E-state index in [-0.39, 0.29) is 55.4 Å². The van der Waals surface area contributed by atoms with Crippen LogP contribution in [0, 0.1) is 0 Å². The Kier molecular flexibility index (Phi) is 9.71. The maximum absolute atomic E-state index is 14.7. The monoisotopic (exact) mass is 733 g/mol. The SMILES string of the molecule is O=C1C[C@@H](C(F)(F)F)c2c(C3CCN(c4cc(C(=O)OCc5ccccc5)c(C(F)(F)F)cn4)CC3)nn(C(c3ccccc3)c3ccccc3)c2N1. The Labute approximate surface area is 300 Å². The second kappa shape index (κ2) is 14.4. The van der Waals surface area contributed by atoms with Gasteiger partial charge in [-0.1, -0.05) is 91.0 Å². The van der Waals surface area contributed by atoms with Gasteiger partial charge in [0.15, 0.2) is 0 Å². The first-order chi connectivity index (χ1) is 25.4. The van der Waals surface area contributed by atoms with Crippen LogP contribution in [0.3, 0.4) is 0 Å². The average molecular weight is 734 g/mol. The van der Waals surface area contributed by atoms with Gasteiger partial charge in [0.2, 0.25) is 5.91 Å². The molecule has 53 heavy (non-hydrogen) atoms. The first-order valence-electron chi connectivity index (χ1n) is 17.0. The van der Waals surface area contributed by atoms with Crippen molar-refractivity contribution in [2.45, 2.75) is 56.1 Å². The molecule has 0 bridgehead atoms. The van der Waals surface area contributed by atoms with Crippen LogP contribution in [0.2, 0.25) is 0 Å². The highest BCUT2D eigenvalue weighted by Crippen LogP contribution is 2.49. The van der Waals surface area contributed by atoms with Crippen molar-refractivity contribution >= 4 is 23.5 Å². The number of benzene rings is 3. The summed E-state index contributed by atoms with van der Waals surface area (Å²) in [5.74, 6) is -4.41. The number of piperidine rings is 1. The Balaban J connectivity index is 1.21. The second-order valence-electron chi connectivity index (χ2n) is 13.1. The summed E-state index contributed by atoms with van der Waals surface area (Å²) in [4.78, 5) is 31.5. The van der Waals surface area contributed by atoms with Gasteiger partial charge in [0.25, 0.3) is 0 Å². The zero-order valence-electron chi connectivity index (χ0n) is 28.1. The molecule has 1 fully saturated rings. The highest BCUT2D eigenvalue weighted by atomic mass is 19.4. The van der Waals surface area contributed by atoms with Gasteiger partial charge in [-0.05, 0) is 35.6 Å². The number of nitrogens with one attached hydrogen (secondary N) is 1. The number of hydrogen-bond acceptors (Lipinski definition) is 6. The van der Waals surface area contributed by atoms with Crippen LogP contribution in [0.1, 0.15) is 81.0 Å². The lowest BCUT2D eigenvalue weighted by Crippen LogP contribution is -2.35. The summed E-state index contributed by atoms with van der Waals surface area (Å²) in [6.07, 6.45) is -9.24. The number of halogens is 6. The lowest BCUT2D eigenvalue weighted by Gasteiger charge is -2.34. The Hall–Kier alpha value is -5.66. The first kappa shape index (κ1) is 35.7. The molecular formula is C39H33F6N5O3. The third kappa shape index (κ3) is 7.48. The minimum absolute atomic E-state index is 0.0122. The van der Waals surface area contributed by atoms with Gasteiger partial charge >= 0.3 is 18.3 Å². The van der Waals surface area contributed by atoms with E-state index >= 15 is 0 Å². The third-order valence-electron chi connectivity index (χ3n) is 9.68. The minimum Gasteiger partial charge on any atom is -0.457 e. The van der Waals surface area contributed by atoms with Crippen LogP contribution in [0.25, 0.3) is 0 Å². The number of fused-ring (bicyclic) bond motifs is 1. The number of hydrogen-bond donors (Lipinski definition) is 1. The van der Waals surface area contributed by atoms with E-state index in [1.807, 2.05) is 60.7 Å². The number of rotatable bonds is 8. The summed E-state index contributed by atoms with van der Waals surface area (Å²) in [6, 6.07) is 27.2. The fourth-order valence-electron chi connectivity index (χ4n) is 7.11. The van der Waals surface area contributed by atoms with Gasteiger partial charge in [-0.3, -0.25) is 4.79 Å². The zero-order valence-corrected chi connectivity index (χ0v) is 28.1. The highest BCUT2D eigenvalue weighted by Gasteiger charge is 2.50. The number of carbonyl (C=O) groups excluding carboxylic acids is 2. The molecule has 4 heterocycles. The molecule has 0 aliphatic carbocycles. The van der Waals surface area contributed by atoms with Gasteiger partial charge in [0.1, 0.15) is 24.3 Å². The summed E-state index contributed by atoms with van der Waals surface area (Å²) < 4.78 is 92.7. The first-order valence-corrected chi connectivity index (χ1v) is 17.0. The number of amides is 1. The fraction of sp³-hybridized carbons (Fsp3) is 0.282. The largest absolute Gasteiger partial charge is 0.457 e. The Morgan fingerprint density at radius 1 is 0.868 bits per heavy atom. The maximum Gasteiger partial charge on any atom is 0.418 e. The fourth-order valence-corrected chi connectivity index (χ4v) is 7.11. The molecule has 2 aromatic heterocycles. The summed E-state index contributed by atoms with van der Waals surface area (Å²) in [7, 11) is 0.